The number of hydrogen-bond donors (Lipinski definition) is 0. The molecule has 0 rings (SSSR count). The Morgan fingerprint density at radius 3 is 0.881 bits per heavy atom. The van der Waals surface area contributed by atoms with Gasteiger partial charge in [-0.05, 0) is 26.2 Å². The van der Waals surface area contributed by atoms with Gasteiger partial charge in [-0.3, -0.25) is 9.59 Å². The number of rotatable bonds is 32. The van der Waals surface area contributed by atoms with Crippen LogP contribution in [0.25, 0.3) is 0 Å². The van der Waals surface area contributed by atoms with Crippen LogP contribution in [0.5, 0.6) is 0 Å². The summed E-state index contributed by atoms with van der Waals surface area (Å²) in [5, 5.41) is 0. The smallest absolute Gasteiger partial charge is 0.305 e. The molecule has 0 bridgehead atoms. The van der Waals surface area contributed by atoms with Crippen LogP contribution in [-0.4, -0.2) is 25.2 Å². The van der Waals surface area contributed by atoms with Gasteiger partial charge in [-0.25, -0.2) is 0 Å². The molecule has 0 aliphatic heterocycles. The molecule has 0 unspecified atom stereocenters. The molecule has 42 heavy (non-hydrogen) atoms. The van der Waals surface area contributed by atoms with Gasteiger partial charge in [0.05, 0.1) is 13.2 Å². The van der Waals surface area contributed by atoms with E-state index in [4.69, 9.17) is 9.47 Å². The highest BCUT2D eigenvalue weighted by Crippen LogP contribution is 2.14. The summed E-state index contributed by atoms with van der Waals surface area (Å²) in [4.78, 5) is 22.5. The summed E-state index contributed by atoms with van der Waals surface area (Å²) in [6.07, 6.45) is 38.2. The van der Waals surface area contributed by atoms with Crippen LogP contribution in [0.3, 0.4) is 0 Å². The number of ether oxygens (including phenoxy) is 2. The second-order valence-corrected chi connectivity index (χ2v) is 12.4. The van der Waals surface area contributed by atoms with Crippen molar-refractivity contribution in [3.63, 3.8) is 0 Å². The number of esters is 2. The molecule has 0 spiro atoms. The van der Waals surface area contributed by atoms with Crippen molar-refractivity contribution in [2.75, 3.05) is 13.2 Å². The largest absolute Gasteiger partial charge is 0.466 e. The molecule has 4 heteroatoms. The molecule has 0 aliphatic carbocycles. The highest BCUT2D eigenvalue weighted by molar-refractivity contribution is 5.69. The van der Waals surface area contributed by atoms with Gasteiger partial charge in [0.2, 0.25) is 0 Å². The van der Waals surface area contributed by atoms with Gasteiger partial charge in [-0.1, -0.05) is 181 Å². The lowest BCUT2D eigenvalue weighted by Gasteiger charge is -2.04. The molecule has 0 N–H and O–H groups in total. The Bertz CT molecular complexity index is 519. The van der Waals surface area contributed by atoms with Crippen molar-refractivity contribution < 1.29 is 19.1 Å². The maximum atomic E-state index is 11.4. The maximum absolute atomic E-state index is 11.4. The molecule has 4 nitrogen and oxygen atoms in total. The monoisotopic (exact) mass is 597 g/mol. The highest BCUT2D eigenvalue weighted by atomic mass is 16.5. The van der Waals surface area contributed by atoms with Crippen LogP contribution in [0.15, 0.2) is 0 Å². The van der Waals surface area contributed by atoms with Gasteiger partial charge < -0.3 is 9.47 Å². The van der Waals surface area contributed by atoms with Gasteiger partial charge in [0.15, 0.2) is 0 Å². The van der Waals surface area contributed by atoms with Crippen LogP contribution >= 0.6 is 0 Å². The van der Waals surface area contributed by atoms with Crippen LogP contribution in [0.2, 0.25) is 0 Å². The lowest BCUT2D eigenvalue weighted by atomic mass is 10.0. The van der Waals surface area contributed by atoms with Crippen molar-refractivity contribution in [1.29, 1.82) is 0 Å². The zero-order valence-corrected chi connectivity index (χ0v) is 29.3. The summed E-state index contributed by atoms with van der Waals surface area (Å²) in [6.45, 7) is 9.63. The van der Waals surface area contributed by atoms with E-state index >= 15 is 0 Å². The van der Waals surface area contributed by atoms with Crippen molar-refractivity contribution >= 4 is 11.9 Å². The number of carbonyl (C=O) groups is 2. The molecule has 0 atom stereocenters. The zero-order chi connectivity index (χ0) is 31.2. The van der Waals surface area contributed by atoms with Crippen molar-refractivity contribution in [2.45, 2.75) is 220 Å². The Morgan fingerprint density at radius 2 is 0.595 bits per heavy atom. The molecule has 0 amide bonds. The van der Waals surface area contributed by atoms with Crippen molar-refractivity contribution in [1.82, 2.24) is 0 Å². The number of hydrogen-bond acceptors (Lipinski definition) is 4. The topological polar surface area (TPSA) is 52.6 Å². The van der Waals surface area contributed by atoms with E-state index in [0.29, 0.717) is 26.1 Å². The third-order valence-corrected chi connectivity index (χ3v) is 8.04. The lowest BCUT2D eigenvalue weighted by Crippen LogP contribution is -2.05. The summed E-state index contributed by atoms with van der Waals surface area (Å²) in [5.74, 6) is -0.0351. The molecule has 0 fully saturated rings. The maximum Gasteiger partial charge on any atom is 0.305 e. The summed E-state index contributed by atoms with van der Waals surface area (Å²) >= 11 is 0. The minimum atomic E-state index is -0.0319. The molecule has 252 valence electrons. The molecular weight excluding hydrogens is 520 g/mol. The number of carbonyl (C=O) groups excluding carboxylic acids is 2. The highest BCUT2D eigenvalue weighted by Gasteiger charge is 2.02. The first-order valence-electron chi connectivity index (χ1n) is 18.9. The van der Waals surface area contributed by atoms with E-state index in [-0.39, 0.29) is 11.9 Å². The second kappa shape index (κ2) is 39.9. The molecule has 0 aliphatic rings. The fraction of sp³-hybridized carbons (Fsp3) is 0.947. The van der Waals surface area contributed by atoms with Crippen molar-refractivity contribution in [3.8, 4) is 0 Å². The third-order valence-electron chi connectivity index (χ3n) is 8.04. The quantitative estimate of drug-likeness (QED) is 0.0572. The molecule has 0 saturated heterocycles. The fourth-order valence-corrected chi connectivity index (χ4v) is 5.21. The molecule has 0 aromatic heterocycles. The van der Waals surface area contributed by atoms with Crippen LogP contribution in [-0.2, 0) is 19.1 Å². The molecular formula is C38H76O4. The van der Waals surface area contributed by atoms with Crippen LogP contribution in [0.4, 0.5) is 0 Å². The lowest BCUT2D eigenvalue weighted by molar-refractivity contribution is -0.144. The van der Waals surface area contributed by atoms with E-state index in [2.05, 4.69) is 20.8 Å². The Hall–Kier alpha value is -1.06. The first-order valence-corrected chi connectivity index (χ1v) is 18.9. The van der Waals surface area contributed by atoms with E-state index in [0.717, 1.165) is 25.7 Å². The van der Waals surface area contributed by atoms with Crippen LogP contribution in [0.1, 0.15) is 220 Å². The van der Waals surface area contributed by atoms with E-state index in [9.17, 15) is 9.59 Å². The van der Waals surface area contributed by atoms with E-state index in [1.165, 1.54) is 154 Å². The average molecular weight is 597 g/mol. The van der Waals surface area contributed by atoms with Gasteiger partial charge in [-0.15, -0.1) is 0 Å². The molecule has 0 radical (unpaired) electrons. The molecule has 0 heterocycles. The zero-order valence-electron chi connectivity index (χ0n) is 29.3. The summed E-state index contributed by atoms with van der Waals surface area (Å²) in [5.41, 5.74) is 0. The minimum Gasteiger partial charge on any atom is -0.466 e. The third kappa shape index (κ3) is 41.1. The van der Waals surface area contributed by atoms with Gasteiger partial charge in [-0.2, -0.15) is 0 Å². The van der Waals surface area contributed by atoms with Crippen LogP contribution in [0, 0.1) is 0 Å². The Balaban J connectivity index is 0. The van der Waals surface area contributed by atoms with Gasteiger partial charge >= 0.3 is 11.9 Å². The van der Waals surface area contributed by atoms with Crippen LogP contribution < -0.4 is 0 Å². The summed E-state index contributed by atoms with van der Waals surface area (Å²) < 4.78 is 10.1. The first kappa shape index (κ1) is 43.1. The van der Waals surface area contributed by atoms with Crippen molar-refractivity contribution in [3.05, 3.63) is 0 Å². The normalized spacial score (nSPS) is 10.8. The summed E-state index contributed by atoms with van der Waals surface area (Å²) in [6, 6.07) is 0. The van der Waals surface area contributed by atoms with E-state index in [1.54, 1.807) is 0 Å². The Labute approximate surface area is 264 Å². The Morgan fingerprint density at radius 1 is 0.333 bits per heavy atom. The first-order chi connectivity index (χ1) is 20.6. The molecule has 0 aromatic rings. The van der Waals surface area contributed by atoms with Crippen molar-refractivity contribution in [2.24, 2.45) is 0 Å². The number of unbranched alkanes of at least 4 members (excludes halogenated alkanes) is 25. The van der Waals surface area contributed by atoms with Gasteiger partial charge in [0, 0.05) is 12.8 Å². The molecule has 0 aromatic carbocycles. The average Bonchev–Trinajstić information content (AvgIpc) is 2.98. The Kier molecular flexibility index (Phi) is 41.0. The second-order valence-electron chi connectivity index (χ2n) is 12.4. The predicted molar refractivity (Wildman–Crippen MR) is 183 cm³/mol. The van der Waals surface area contributed by atoms with E-state index < -0.39 is 0 Å². The SMILES string of the molecule is CCCCCCCCCCCCCCCC(=O)OCC.CCCCCCCCCCCCCCCC(=O)OCCCC. The van der Waals surface area contributed by atoms with Gasteiger partial charge in [0.1, 0.15) is 0 Å². The summed E-state index contributed by atoms with van der Waals surface area (Å²) in [7, 11) is 0. The molecule has 0 saturated carbocycles. The van der Waals surface area contributed by atoms with E-state index in [1.807, 2.05) is 6.92 Å². The predicted octanol–water partition coefficient (Wildman–Crippen LogP) is 12.8. The standard InChI is InChI=1S/C20H40O2.C18H36O2/c1-3-5-7-8-9-10-11-12-13-14-15-16-17-18-20(21)22-19-6-4-2;1-3-5-6-7-8-9-10-11-12-13-14-15-16-17-18(19)20-4-2/h3-19H2,1-2H3;3-17H2,1-2H3. The van der Waals surface area contributed by atoms with Gasteiger partial charge in [0.25, 0.3) is 0 Å². The minimum absolute atomic E-state index is 0.00322. The fourth-order valence-electron chi connectivity index (χ4n) is 5.21.